The lowest BCUT2D eigenvalue weighted by Crippen LogP contribution is -2.42. The van der Waals surface area contributed by atoms with Gasteiger partial charge in [-0.15, -0.1) is 0 Å². The van der Waals surface area contributed by atoms with Crippen LogP contribution in [0.3, 0.4) is 0 Å². The Labute approximate surface area is 184 Å². The van der Waals surface area contributed by atoms with Gasteiger partial charge < -0.3 is 20.1 Å². The lowest BCUT2D eigenvalue weighted by molar-refractivity contribution is -0.135. The molecule has 6 heteroatoms. The molecule has 0 fully saturated rings. The molecule has 5 rings (SSSR count). The quantitative estimate of drug-likeness (QED) is 0.407. The van der Waals surface area contributed by atoms with Crippen LogP contribution in [0.4, 0.5) is 5.69 Å². The lowest BCUT2D eigenvalue weighted by Gasteiger charge is -2.23. The topological polar surface area (TPSA) is 93.6 Å². The minimum atomic E-state index is -1.95. The Kier molecular flexibility index (Phi) is 4.79. The number of hydrogen-bond donors (Lipinski definition) is 3. The molecule has 1 aromatic heterocycles. The predicted molar refractivity (Wildman–Crippen MR) is 122 cm³/mol. The van der Waals surface area contributed by atoms with E-state index in [9.17, 15) is 19.8 Å². The molecule has 0 spiro atoms. The highest BCUT2D eigenvalue weighted by Gasteiger charge is 2.50. The highest BCUT2D eigenvalue weighted by atomic mass is 16.3. The zero-order chi connectivity index (χ0) is 22.3. The fourth-order valence-corrected chi connectivity index (χ4v) is 4.48. The Hall–Kier alpha value is -3.90. The van der Waals surface area contributed by atoms with Crippen LogP contribution < -0.4 is 4.90 Å². The molecule has 0 radical (unpaired) electrons. The van der Waals surface area contributed by atoms with Gasteiger partial charge in [-0.2, -0.15) is 0 Å². The molecule has 0 saturated carbocycles. The number of aromatic amines is 1. The summed E-state index contributed by atoms with van der Waals surface area (Å²) in [6, 6.07) is 20.9. The zero-order valence-electron chi connectivity index (χ0n) is 17.3. The zero-order valence-corrected chi connectivity index (χ0v) is 17.3. The van der Waals surface area contributed by atoms with Gasteiger partial charge in [-0.05, 0) is 36.2 Å². The summed E-state index contributed by atoms with van der Waals surface area (Å²) in [5.41, 5.74) is 1.46. The molecule has 3 aromatic carbocycles. The average Bonchev–Trinajstić information content (AvgIpc) is 3.30. The number of H-pyrrole nitrogens is 1. The number of benzene rings is 3. The molecule has 0 unspecified atom stereocenters. The van der Waals surface area contributed by atoms with Crippen molar-refractivity contribution in [3.8, 4) is 5.75 Å². The second kappa shape index (κ2) is 7.66. The molecule has 1 amide bonds. The Morgan fingerprint density at radius 2 is 1.78 bits per heavy atom. The summed E-state index contributed by atoms with van der Waals surface area (Å²) >= 11 is 0. The maximum Gasteiger partial charge on any atom is 0.264 e. The maximum absolute atomic E-state index is 13.4. The number of aromatic nitrogens is 1. The fourth-order valence-electron chi connectivity index (χ4n) is 4.48. The van der Waals surface area contributed by atoms with E-state index in [1.54, 1.807) is 35.2 Å². The van der Waals surface area contributed by atoms with Gasteiger partial charge in [0.1, 0.15) is 5.75 Å². The summed E-state index contributed by atoms with van der Waals surface area (Å²) in [7, 11) is 0. The number of ketones is 1. The number of aromatic hydroxyl groups is 1. The number of para-hydroxylation sites is 2. The molecular formula is C26H22N2O4. The van der Waals surface area contributed by atoms with Crippen molar-refractivity contribution < 1.29 is 19.8 Å². The third-order valence-corrected chi connectivity index (χ3v) is 6.10. The monoisotopic (exact) mass is 426 g/mol. The van der Waals surface area contributed by atoms with Crippen molar-refractivity contribution in [1.82, 2.24) is 4.98 Å². The summed E-state index contributed by atoms with van der Waals surface area (Å²) < 4.78 is 0. The molecule has 0 aliphatic carbocycles. The van der Waals surface area contributed by atoms with Crippen LogP contribution in [-0.2, 0) is 16.8 Å². The van der Waals surface area contributed by atoms with Crippen molar-refractivity contribution >= 4 is 28.3 Å². The first-order chi connectivity index (χ1) is 15.5. The van der Waals surface area contributed by atoms with E-state index in [2.05, 4.69) is 4.98 Å². The van der Waals surface area contributed by atoms with Crippen molar-refractivity contribution in [3.63, 3.8) is 0 Å². The van der Waals surface area contributed by atoms with Gasteiger partial charge >= 0.3 is 0 Å². The number of rotatable bonds is 6. The van der Waals surface area contributed by atoms with Gasteiger partial charge in [0.2, 0.25) is 0 Å². The normalized spacial score (nSPS) is 17.7. The Bertz CT molecular complexity index is 1340. The molecule has 4 aromatic rings. The smallest absolute Gasteiger partial charge is 0.264 e. The molecule has 2 heterocycles. The van der Waals surface area contributed by atoms with Gasteiger partial charge in [0.15, 0.2) is 11.4 Å². The standard InChI is InChI=1S/C26H22N2O4/c29-19-7-5-6-17(14-19)24(30)15-26(32)21-9-2-4-11-23(21)28(25(26)31)13-12-18-16-27-22-10-3-1-8-20(18)22/h1-11,14,16,27,29,32H,12-13,15H2/t26-/m1/s1. The highest BCUT2D eigenvalue weighted by molar-refractivity contribution is 6.10. The van der Waals surface area contributed by atoms with Crippen LogP contribution >= 0.6 is 0 Å². The number of amides is 1. The first kappa shape index (κ1) is 20.0. The summed E-state index contributed by atoms with van der Waals surface area (Å²) in [6.07, 6.45) is 2.14. The summed E-state index contributed by atoms with van der Waals surface area (Å²) in [6.45, 7) is 0.375. The van der Waals surface area contributed by atoms with Gasteiger partial charge in [0, 0.05) is 34.8 Å². The molecular weight excluding hydrogens is 404 g/mol. The number of phenolic OH excluding ortho intramolecular Hbond substituents is 1. The summed E-state index contributed by atoms with van der Waals surface area (Å²) in [5, 5.41) is 22.2. The Morgan fingerprint density at radius 1 is 1.00 bits per heavy atom. The molecule has 0 saturated heterocycles. The first-order valence-electron chi connectivity index (χ1n) is 10.5. The fraction of sp³-hybridized carbons (Fsp3) is 0.154. The summed E-state index contributed by atoms with van der Waals surface area (Å²) in [5.74, 6) is -0.960. The van der Waals surface area contributed by atoms with E-state index in [1.807, 2.05) is 36.5 Å². The second-order valence-corrected chi connectivity index (χ2v) is 8.09. The molecule has 160 valence electrons. The van der Waals surface area contributed by atoms with Crippen LogP contribution in [0.1, 0.15) is 27.9 Å². The van der Waals surface area contributed by atoms with Gasteiger partial charge in [-0.3, -0.25) is 9.59 Å². The van der Waals surface area contributed by atoms with E-state index in [1.165, 1.54) is 12.1 Å². The van der Waals surface area contributed by atoms with Crippen LogP contribution in [0, 0.1) is 0 Å². The predicted octanol–water partition coefficient (Wildman–Crippen LogP) is 3.92. The van der Waals surface area contributed by atoms with Crippen LogP contribution in [0.2, 0.25) is 0 Å². The van der Waals surface area contributed by atoms with Gasteiger partial charge in [-0.25, -0.2) is 0 Å². The van der Waals surface area contributed by atoms with E-state index in [-0.39, 0.29) is 11.3 Å². The summed E-state index contributed by atoms with van der Waals surface area (Å²) in [4.78, 5) is 31.1. The molecule has 1 aliphatic rings. The molecule has 6 nitrogen and oxygen atoms in total. The maximum atomic E-state index is 13.4. The molecule has 32 heavy (non-hydrogen) atoms. The van der Waals surface area contributed by atoms with E-state index < -0.39 is 23.7 Å². The number of phenols is 1. The van der Waals surface area contributed by atoms with E-state index in [0.717, 1.165) is 16.5 Å². The lowest BCUT2D eigenvalue weighted by atomic mass is 9.88. The Morgan fingerprint density at radius 3 is 2.62 bits per heavy atom. The minimum Gasteiger partial charge on any atom is -0.508 e. The number of carbonyl (C=O) groups excluding carboxylic acids is 2. The van der Waals surface area contributed by atoms with Crippen molar-refractivity contribution in [3.05, 3.63) is 95.7 Å². The van der Waals surface area contributed by atoms with Gasteiger partial charge in [0.25, 0.3) is 5.91 Å². The Balaban J connectivity index is 1.43. The number of carbonyl (C=O) groups is 2. The third-order valence-electron chi connectivity index (χ3n) is 6.10. The molecule has 1 atom stereocenters. The third kappa shape index (κ3) is 3.25. The van der Waals surface area contributed by atoms with Gasteiger partial charge in [-0.1, -0.05) is 48.5 Å². The van der Waals surface area contributed by atoms with E-state index >= 15 is 0 Å². The van der Waals surface area contributed by atoms with E-state index in [4.69, 9.17) is 0 Å². The van der Waals surface area contributed by atoms with E-state index in [0.29, 0.717) is 24.2 Å². The van der Waals surface area contributed by atoms with Crippen LogP contribution in [0.5, 0.6) is 5.75 Å². The average molecular weight is 426 g/mol. The number of fused-ring (bicyclic) bond motifs is 2. The SMILES string of the molecule is O=C(C[C@]1(O)C(=O)N(CCc2c[nH]c3ccccc23)c2ccccc21)c1cccc(O)c1. The minimum absolute atomic E-state index is 0.0404. The van der Waals surface area contributed by atoms with Crippen LogP contribution in [0.25, 0.3) is 10.9 Å². The second-order valence-electron chi connectivity index (χ2n) is 8.09. The number of anilines is 1. The van der Waals surface area contributed by atoms with Crippen molar-refractivity contribution in [2.45, 2.75) is 18.4 Å². The number of Topliss-reactive ketones (excluding diaryl/α,β-unsaturated/α-hetero) is 1. The number of aliphatic hydroxyl groups is 1. The number of nitrogens with one attached hydrogen (secondary N) is 1. The number of nitrogens with zero attached hydrogens (tertiary/aromatic N) is 1. The molecule has 1 aliphatic heterocycles. The largest absolute Gasteiger partial charge is 0.508 e. The molecule has 0 bridgehead atoms. The first-order valence-corrected chi connectivity index (χ1v) is 10.5. The molecule has 3 N–H and O–H groups in total. The van der Waals surface area contributed by atoms with Gasteiger partial charge in [0.05, 0.1) is 12.1 Å². The van der Waals surface area contributed by atoms with Crippen molar-refractivity contribution in [2.24, 2.45) is 0 Å². The van der Waals surface area contributed by atoms with Crippen LogP contribution in [-0.4, -0.2) is 33.4 Å². The van der Waals surface area contributed by atoms with Crippen molar-refractivity contribution in [2.75, 3.05) is 11.4 Å². The van der Waals surface area contributed by atoms with Crippen molar-refractivity contribution in [1.29, 1.82) is 0 Å². The van der Waals surface area contributed by atoms with Crippen LogP contribution in [0.15, 0.2) is 79.0 Å². The number of hydrogen-bond acceptors (Lipinski definition) is 4. The highest BCUT2D eigenvalue weighted by Crippen LogP contribution is 2.43.